The molecule has 0 saturated carbocycles. The van der Waals surface area contributed by atoms with Crippen molar-refractivity contribution in [3.8, 4) is 11.5 Å². The van der Waals surface area contributed by atoms with E-state index in [4.69, 9.17) is 0 Å². The number of rotatable bonds is 5. The van der Waals surface area contributed by atoms with E-state index in [2.05, 4.69) is 27.2 Å². The molecule has 2 aromatic heterocycles. The van der Waals surface area contributed by atoms with Gasteiger partial charge in [0.2, 0.25) is 0 Å². The highest BCUT2D eigenvalue weighted by Crippen LogP contribution is 2.17. The van der Waals surface area contributed by atoms with Gasteiger partial charge in [-0.05, 0) is 38.9 Å². The molecule has 0 unspecified atom stereocenters. The van der Waals surface area contributed by atoms with Crippen molar-refractivity contribution < 1.29 is 4.39 Å². The molecule has 0 bridgehead atoms. The maximum absolute atomic E-state index is 12.9. The lowest BCUT2D eigenvalue weighted by atomic mass is 10.1. The van der Waals surface area contributed by atoms with Crippen LogP contribution in [0.4, 0.5) is 4.39 Å². The normalized spacial score (nSPS) is 10.8. The highest BCUT2D eigenvalue weighted by Gasteiger charge is 2.10. The van der Waals surface area contributed by atoms with Crippen LogP contribution in [0.5, 0.6) is 0 Å². The predicted molar refractivity (Wildman–Crippen MR) is 76.7 cm³/mol. The molecule has 0 fully saturated rings. The SMILES string of the molecule is CCCNCc1c(C)nc(-c2ccc(F)cn2)nc1C. The predicted octanol–water partition coefficient (Wildman–Crippen LogP) is 2.79. The second-order valence-corrected chi connectivity index (χ2v) is 4.74. The standard InChI is InChI=1S/C15H19FN4/c1-4-7-17-9-13-10(2)19-15(20-11(13)3)14-6-5-12(16)8-18-14/h5-6,8,17H,4,7,9H2,1-3H3. The van der Waals surface area contributed by atoms with E-state index >= 15 is 0 Å². The Bertz CT molecular complexity index is 558. The molecule has 0 aliphatic carbocycles. The molecule has 0 aliphatic rings. The minimum Gasteiger partial charge on any atom is -0.313 e. The lowest BCUT2D eigenvalue weighted by Gasteiger charge is -2.11. The van der Waals surface area contributed by atoms with E-state index in [1.54, 1.807) is 6.07 Å². The summed E-state index contributed by atoms with van der Waals surface area (Å²) in [5.74, 6) is 0.182. The van der Waals surface area contributed by atoms with Crippen LogP contribution in [0.1, 0.15) is 30.3 Å². The molecule has 0 amide bonds. The van der Waals surface area contributed by atoms with Crippen molar-refractivity contribution in [3.63, 3.8) is 0 Å². The van der Waals surface area contributed by atoms with Gasteiger partial charge >= 0.3 is 0 Å². The van der Waals surface area contributed by atoms with Crippen LogP contribution < -0.4 is 5.32 Å². The van der Waals surface area contributed by atoms with Gasteiger partial charge in [-0.15, -0.1) is 0 Å². The van der Waals surface area contributed by atoms with Gasteiger partial charge in [0, 0.05) is 23.5 Å². The lowest BCUT2D eigenvalue weighted by Crippen LogP contribution is -2.17. The molecule has 2 heterocycles. The second-order valence-electron chi connectivity index (χ2n) is 4.74. The summed E-state index contributed by atoms with van der Waals surface area (Å²) in [6, 6.07) is 2.96. The summed E-state index contributed by atoms with van der Waals surface area (Å²) < 4.78 is 12.9. The summed E-state index contributed by atoms with van der Waals surface area (Å²) in [6.45, 7) is 7.80. The zero-order chi connectivity index (χ0) is 14.5. The van der Waals surface area contributed by atoms with Crippen molar-refractivity contribution in [3.05, 3.63) is 41.1 Å². The number of hydrogen-bond acceptors (Lipinski definition) is 4. The molecular weight excluding hydrogens is 255 g/mol. The van der Waals surface area contributed by atoms with Crippen LogP contribution in [0.15, 0.2) is 18.3 Å². The Morgan fingerprint density at radius 2 is 1.85 bits per heavy atom. The van der Waals surface area contributed by atoms with Crippen LogP contribution in [-0.2, 0) is 6.54 Å². The maximum atomic E-state index is 12.9. The van der Waals surface area contributed by atoms with Crippen molar-refractivity contribution in [2.75, 3.05) is 6.54 Å². The van der Waals surface area contributed by atoms with Gasteiger partial charge in [-0.2, -0.15) is 0 Å². The zero-order valence-electron chi connectivity index (χ0n) is 12.1. The Balaban J connectivity index is 2.27. The third-order valence-corrected chi connectivity index (χ3v) is 3.11. The van der Waals surface area contributed by atoms with Gasteiger partial charge in [0.05, 0.1) is 6.20 Å². The molecule has 0 saturated heterocycles. The molecule has 0 radical (unpaired) electrons. The first-order valence-electron chi connectivity index (χ1n) is 6.78. The minimum atomic E-state index is -0.359. The quantitative estimate of drug-likeness (QED) is 0.852. The van der Waals surface area contributed by atoms with Crippen molar-refractivity contribution in [2.45, 2.75) is 33.7 Å². The van der Waals surface area contributed by atoms with Crippen LogP contribution in [0.2, 0.25) is 0 Å². The van der Waals surface area contributed by atoms with E-state index in [0.29, 0.717) is 11.5 Å². The fourth-order valence-electron chi connectivity index (χ4n) is 2.01. The molecule has 5 heteroatoms. The van der Waals surface area contributed by atoms with E-state index < -0.39 is 0 Å². The summed E-state index contributed by atoms with van der Waals surface area (Å²) in [4.78, 5) is 13.0. The van der Waals surface area contributed by atoms with Gasteiger partial charge in [0.15, 0.2) is 5.82 Å². The second kappa shape index (κ2) is 6.52. The zero-order valence-corrected chi connectivity index (χ0v) is 12.1. The topological polar surface area (TPSA) is 50.7 Å². The van der Waals surface area contributed by atoms with E-state index in [-0.39, 0.29) is 5.82 Å². The van der Waals surface area contributed by atoms with Gasteiger partial charge in [0.1, 0.15) is 11.5 Å². The van der Waals surface area contributed by atoms with Gasteiger partial charge in [-0.3, -0.25) is 0 Å². The van der Waals surface area contributed by atoms with Crippen molar-refractivity contribution in [2.24, 2.45) is 0 Å². The molecule has 2 aromatic rings. The lowest BCUT2D eigenvalue weighted by molar-refractivity contribution is 0.621. The van der Waals surface area contributed by atoms with Crippen LogP contribution >= 0.6 is 0 Å². The Morgan fingerprint density at radius 1 is 1.15 bits per heavy atom. The molecule has 0 atom stereocenters. The number of aromatic nitrogens is 3. The molecule has 20 heavy (non-hydrogen) atoms. The van der Waals surface area contributed by atoms with Gasteiger partial charge in [-0.25, -0.2) is 19.3 Å². The monoisotopic (exact) mass is 274 g/mol. The van der Waals surface area contributed by atoms with Crippen LogP contribution in [0.25, 0.3) is 11.5 Å². The molecular formula is C15H19FN4. The third-order valence-electron chi connectivity index (χ3n) is 3.11. The van der Waals surface area contributed by atoms with Crippen LogP contribution in [-0.4, -0.2) is 21.5 Å². The highest BCUT2D eigenvalue weighted by molar-refractivity contribution is 5.50. The Kier molecular flexibility index (Phi) is 4.74. The summed E-state index contributed by atoms with van der Waals surface area (Å²) in [7, 11) is 0. The Morgan fingerprint density at radius 3 is 2.40 bits per heavy atom. The maximum Gasteiger partial charge on any atom is 0.178 e. The first kappa shape index (κ1) is 14.5. The Labute approximate surface area is 118 Å². The van der Waals surface area contributed by atoms with Gasteiger partial charge in [0.25, 0.3) is 0 Å². The van der Waals surface area contributed by atoms with Crippen LogP contribution in [0, 0.1) is 19.7 Å². The molecule has 1 N–H and O–H groups in total. The number of nitrogens with zero attached hydrogens (tertiary/aromatic N) is 3. The van der Waals surface area contributed by atoms with E-state index in [1.807, 2.05) is 13.8 Å². The van der Waals surface area contributed by atoms with Crippen LogP contribution in [0.3, 0.4) is 0 Å². The fraction of sp³-hybridized carbons (Fsp3) is 0.400. The summed E-state index contributed by atoms with van der Waals surface area (Å²) in [5.41, 5.74) is 3.57. The largest absolute Gasteiger partial charge is 0.313 e. The number of nitrogens with one attached hydrogen (secondary N) is 1. The van der Waals surface area contributed by atoms with E-state index in [9.17, 15) is 4.39 Å². The molecule has 106 valence electrons. The van der Waals surface area contributed by atoms with Gasteiger partial charge < -0.3 is 5.32 Å². The molecule has 0 aromatic carbocycles. The smallest absolute Gasteiger partial charge is 0.178 e. The highest BCUT2D eigenvalue weighted by atomic mass is 19.1. The fourth-order valence-corrected chi connectivity index (χ4v) is 2.01. The average molecular weight is 274 g/mol. The van der Waals surface area contributed by atoms with E-state index in [0.717, 1.165) is 36.5 Å². The van der Waals surface area contributed by atoms with Crippen molar-refractivity contribution in [1.82, 2.24) is 20.3 Å². The third kappa shape index (κ3) is 3.36. The summed E-state index contributed by atoms with van der Waals surface area (Å²) >= 11 is 0. The average Bonchev–Trinajstić information content (AvgIpc) is 2.42. The van der Waals surface area contributed by atoms with E-state index in [1.165, 1.54) is 12.3 Å². The minimum absolute atomic E-state index is 0.359. The number of pyridine rings is 1. The molecule has 0 aliphatic heterocycles. The number of hydrogen-bond donors (Lipinski definition) is 1. The molecule has 4 nitrogen and oxygen atoms in total. The Hall–Kier alpha value is -1.88. The first-order chi connectivity index (χ1) is 9.61. The number of aryl methyl sites for hydroxylation is 2. The summed E-state index contributed by atoms with van der Waals surface area (Å²) in [5, 5.41) is 3.35. The van der Waals surface area contributed by atoms with Crippen molar-refractivity contribution >= 4 is 0 Å². The first-order valence-corrected chi connectivity index (χ1v) is 6.78. The number of halogens is 1. The molecule has 0 spiro atoms. The van der Waals surface area contributed by atoms with Gasteiger partial charge in [-0.1, -0.05) is 6.92 Å². The van der Waals surface area contributed by atoms with Crippen molar-refractivity contribution in [1.29, 1.82) is 0 Å². The summed E-state index contributed by atoms with van der Waals surface area (Å²) in [6.07, 6.45) is 2.27. The molecule has 2 rings (SSSR count).